The summed E-state index contributed by atoms with van der Waals surface area (Å²) in [6, 6.07) is 6.10. The van der Waals surface area contributed by atoms with Crippen molar-refractivity contribution in [1.29, 1.82) is 0 Å². The van der Waals surface area contributed by atoms with E-state index in [4.69, 9.17) is 0 Å². The Kier molecular flexibility index (Phi) is 3.39. The average molecular weight is 279 g/mol. The fourth-order valence-electron chi connectivity index (χ4n) is 1.58. The van der Waals surface area contributed by atoms with Crippen molar-refractivity contribution >= 4 is 21.4 Å². The number of carbonyl (C=O) groups is 1. The summed E-state index contributed by atoms with van der Waals surface area (Å²) in [4.78, 5) is 12.1. The molecule has 0 saturated heterocycles. The predicted molar refractivity (Wildman–Crippen MR) is 70.8 cm³/mol. The molecule has 0 saturated carbocycles. The Morgan fingerprint density at radius 1 is 1.37 bits per heavy atom. The number of anilines is 1. The van der Waals surface area contributed by atoms with Crippen molar-refractivity contribution in [2.45, 2.75) is 11.8 Å². The maximum Gasteiger partial charge on any atom is 0.259 e. The van der Waals surface area contributed by atoms with Gasteiger partial charge in [0.25, 0.3) is 5.91 Å². The third kappa shape index (κ3) is 3.00. The number of aromatic amines is 1. The highest BCUT2D eigenvalue weighted by molar-refractivity contribution is 7.90. The monoisotopic (exact) mass is 279 g/mol. The van der Waals surface area contributed by atoms with Gasteiger partial charge >= 0.3 is 0 Å². The van der Waals surface area contributed by atoms with Crippen molar-refractivity contribution in [3.63, 3.8) is 0 Å². The number of nitrogens with one attached hydrogen (secondary N) is 2. The van der Waals surface area contributed by atoms with E-state index in [-0.39, 0.29) is 10.8 Å². The van der Waals surface area contributed by atoms with Crippen LogP contribution in [0.15, 0.2) is 35.4 Å². The number of hydrogen-bond donors (Lipinski definition) is 2. The van der Waals surface area contributed by atoms with Crippen molar-refractivity contribution in [3.8, 4) is 0 Å². The zero-order chi connectivity index (χ0) is 14.0. The average Bonchev–Trinajstić information content (AvgIpc) is 2.75. The Hall–Kier alpha value is -2.15. The van der Waals surface area contributed by atoms with E-state index in [1.807, 2.05) is 0 Å². The summed E-state index contributed by atoms with van der Waals surface area (Å²) in [7, 11) is -3.29. The van der Waals surface area contributed by atoms with Crippen LogP contribution in [-0.2, 0) is 9.84 Å². The van der Waals surface area contributed by atoms with E-state index in [0.717, 1.165) is 6.26 Å². The van der Waals surface area contributed by atoms with Crippen LogP contribution in [0.4, 0.5) is 5.69 Å². The summed E-state index contributed by atoms with van der Waals surface area (Å²) in [5.41, 5.74) is 1.50. The number of aryl methyl sites for hydroxylation is 1. The van der Waals surface area contributed by atoms with Gasteiger partial charge in [0.2, 0.25) is 0 Å². The highest BCUT2D eigenvalue weighted by Gasteiger charge is 2.12. The first-order valence-electron chi connectivity index (χ1n) is 5.49. The fourth-order valence-corrected chi connectivity index (χ4v) is 2.25. The fraction of sp³-hybridized carbons (Fsp3) is 0.167. The van der Waals surface area contributed by atoms with Crippen LogP contribution in [0, 0.1) is 6.92 Å². The molecule has 0 aliphatic heterocycles. The SMILES string of the molecule is Cc1[nH]ncc1C(=O)Nc1cccc(S(C)(=O)=O)c1. The molecule has 7 heteroatoms. The van der Waals surface area contributed by atoms with E-state index in [9.17, 15) is 13.2 Å². The Labute approximate surface area is 110 Å². The molecule has 19 heavy (non-hydrogen) atoms. The van der Waals surface area contributed by atoms with E-state index in [1.54, 1.807) is 19.1 Å². The lowest BCUT2D eigenvalue weighted by Gasteiger charge is -2.06. The summed E-state index contributed by atoms with van der Waals surface area (Å²) >= 11 is 0. The number of hydrogen-bond acceptors (Lipinski definition) is 4. The molecular formula is C12H13N3O3S. The molecule has 0 bridgehead atoms. The molecule has 0 unspecified atom stereocenters. The van der Waals surface area contributed by atoms with Crippen LogP contribution < -0.4 is 5.32 Å². The van der Waals surface area contributed by atoms with Crippen molar-refractivity contribution in [3.05, 3.63) is 41.7 Å². The molecular weight excluding hydrogens is 266 g/mol. The number of nitrogens with zero attached hydrogens (tertiary/aromatic N) is 1. The van der Waals surface area contributed by atoms with Gasteiger partial charge in [0.1, 0.15) is 0 Å². The molecule has 0 radical (unpaired) electrons. The Morgan fingerprint density at radius 2 is 2.11 bits per heavy atom. The van der Waals surface area contributed by atoms with E-state index < -0.39 is 9.84 Å². The van der Waals surface area contributed by atoms with Crippen molar-refractivity contribution in [1.82, 2.24) is 10.2 Å². The first-order valence-corrected chi connectivity index (χ1v) is 7.38. The normalized spacial score (nSPS) is 11.3. The maximum absolute atomic E-state index is 11.9. The van der Waals surface area contributed by atoms with Crippen LogP contribution in [0.3, 0.4) is 0 Å². The number of aromatic nitrogens is 2. The number of H-pyrrole nitrogens is 1. The number of amides is 1. The lowest BCUT2D eigenvalue weighted by atomic mass is 10.2. The van der Waals surface area contributed by atoms with E-state index >= 15 is 0 Å². The standard InChI is InChI=1S/C12H13N3O3S/c1-8-11(7-13-15-8)12(16)14-9-4-3-5-10(6-9)19(2,17)18/h3-7H,1-2H3,(H,13,15)(H,14,16). The molecule has 2 aromatic rings. The van der Waals surface area contributed by atoms with Gasteiger partial charge in [-0.15, -0.1) is 0 Å². The third-order valence-electron chi connectivity index (χ3n) is 2.59. The minimum Gasteiger partial charge on any atom is -0.322 e. The van der Waals surface area contributed by atoms with E-state index in [2.05, 4.69) is 15.5 Å². The quantitative estimate of drug-likeness (QED) is 0.887. The number of carbonyl (C=O) groups excluding carboxylic acids is 1. The molecule has 2 rings (SSSR count). The van der Waals surface area contributed by atoms with Gasteiger partial charge in [0.15, 0.2) is 9.84 Å². The molecule has 6 nitrogen and oxygen atoms in total. The van der Waals surface area contributed by atoms with Crippen LogP contribution in [-0.4, -0.2) is 30.8 Å². The Balaban J connectivity index is 2.25. The highest BCUT2D eigenvalue weighted by Crippen LogP contribution is 2.16. The van der Waals surface area contributed by atoms with Gasteiger partial charge in [-0.1, -0.05) is 6.07 Å². The second-order valence-electron chi connectivity index (χ2n) is 4.16. The second kappa shape index (κ2) is 4.85. The highest BCUT2D eigenvalue weighted by atomic mass is 32.2. The number of sulfone groups is 1. The number of benzene rings is 1. The molecule has 1 heterocycles. The zero-order valence-corrected chi connectivity index (χ0v) is 11.3. The van der Waals surface area contributed by atoms with Crippen molar-refractivity contribution in [2.24, 2.45) is 0 Å². The van der Waals surface area contributed by atoms with Crippen LogP contribution >= 0.6 is 0 Å². The zero-order valence-electron chi connectivity index (χ0n) is 10.5. The van der Waals surface area contributed by atoms with Gasteiger partial charge in [-0.2, -0.15) is 5.10 Å². The molecule has 1 amide bonds. The van der Waals surface area contributed by atoms with Gasteiger partial charge in [0.05, 0.1) is 16.7 Å². The number of rotatable bonds is 3. The summed E-state index contributed by atoms with van der Waals surface area (Å²) in [6.07, 6.45) is 2.54. The molecule has 0 aliphatic rings. The molecule has 0 fully saturated rings. The first-order chi connectivity index (χ1) is 8.88. The first kappa shape index (κ1) is 13.3. The summed E-state index contributed by atoms with van der Waals surface area (Å²) in [5.74, 6) is -0.336. The molecule has 2 N–H and O–H groups in total. The van der Waals surface area contributed by atoms with Crippen LogP contribution in [0.2, 0.25) is 0 Å². The molecule has 1 aromatic carbocycles. The van der Waals surface area contributed by atoms with E-state index in [1.165, 1.54) is 18.3 Å². The van der Waals surface area contributed by atoms with Gasteiger partial charge in [-0.3, -0.25) is 9.89 Å². The summed E-state index contributed by atoms with van der Waals surface area (Å²) in [6.45, 7) is 1.73. The molecule has 100 valence electrons. The Morgan fingerprint density at radius 3 is 2.68 bits per heavy atom. The van der Waals surface area contributed by atoms with Crippen molar-refractivity contribution in [2.75, 3.05) is 11.6 Å². The third-order valence-corrected chi connectivity index (χ3v) is 3.70. The maximum atomic E-state index is 11.9. The topological polar surface area (TPSA) is 91.9 Å². The summed E-state index contributed by atoms with van der Waals surface area (Å²) < 4.78 is 22.9. The van der Waals surface area contributed by atoms with Crippen molar-refractivity contribution < 1.29 is 13.2 Å². The van der Waals surface area contributed by atoms with Gasteiger partial charge in [-0.25, -0.2) is 8.42 Å². The minimum atomic E-state index is -3.29. The lowest BCUT2D eigenvalue weighted by molar-refractivity contribution is 0.102. The summed E-state index contributed by atoms with van der Waals surface area (Å²) in [5, 5.41) is 9.06. The predicted octanol–water partition coefficient (Wildman–Crippen LogP) is 1.37. The lowest BCUT2D eigenvalue weighted by Crippen LogP contribution is -2.12. The van der Waals surface area contributed by atoms with Gasteiger partial charge < -0.3 is 5.32 Å². The largest absolute Gasteiger partial charge is 0.322 e. The molecule has 0 spiro atoms. The molecule has 0 atom stereocenters. The van der Waals surface area contributed by atoms with Crippen LogP contribution in [0.1, 0.15) is 16.1 Å². The van der Waals surface area contributed by atoms with E-state index in [0.29, 0.717) is 16.9 Å². The minimum absolute atomic E-state index is 0.161. The van der Waals surface area contributed by atoms with Gasteiger partial charge in [0, 0.05) is 17.6 Å². The second-order valence-corrected chi connectivity index (χ2v) is 6.18. The molecule has 0 aliphatic carbocycles. The smallest absolute Gasteiger partial charge is 0.259 e. The van der Waals surface area contributed by atoms with Crippen LogP contribution in [0.5, 0.6) is 0 Å². The Bertz CT molecular complexity index is 719. The van der Waals surface area contributed by atoms with Crippen LogP contribution in [0.25, 0.3) is 0 Å². The molecule has 1 aromatic heterocycles. The van der Waals surface area contributed by atoms with Gasteiger partial charge in [-0.05, 0) is 25.1 Å².